The minimum Gasteiger partial charge on any atom is -0.383 e. The van der Waals surface area contributed by atoms with Gasteiger partial charge in [-0.3, -0.25) is 0 Å². The van der Waals surface area contributed by atoms with Crippen LogP contribution in [0.2, 0.25) is 0 Å². The van der Waals surface area contributed by atoms with Crippen LogP contribution in [0.4, 0.5) is 0 Å². The van der Waals surface area contributed by atoms with Crippen molar-refractivity contribution in [2.45, 2.75) is 0 Å². The zero-order valence-corrected chi connectivity index (χ0v) is 5.94. The molecule has 1 aromatic rings. The van der Waals surface area contributed by atoms with Gasteiger partial charge in [0.1, 0.15) is 0 Å². The van der Waals surface area contributed by atoms with E-state index in [0.29, 0.717) is 5.82 Å². The lowest BCUT2D eigenvalue weighted by Crippen LogP contribution is -1.99. The Labute approximate surface area is 58.7 Å². The van der Waals surface area contributed by atoms with E-state index in [9.17, 15) is 0 Å². The van der Waals surface area contributed by atoms with Gasteiger partial charge in [0, 0.05) is 26.4 Å². The molecule has 1 aromatic heterocycles. The summed E-state index contributed by atoms with van der Waals surface area (Å²) in [6.07, 6.45) is 3.62. The Morgan fingerprint density at radius 3 is 2.80 bits per heavy atom. The van der Waals surface area contributed by atoms with Crippen LogP contribution >= 0.6 is 0 Å². The van der Waals surface area contributed by atoms with E-state index >= 15 is 0 Å². The fourth-order valence-electron chi connectivity index (χ4n) is 0.456. The third kappa shape index (κ3) is 1.85. The molecule has 0 atom stereocenters. The minimum atomic E-state index is 0.591. The van der Waals surface area contributed by atoms with Crippen molar-refractivity contribution < 1.29 is 0 Å². The molecular weight excluding hydrogens is 130 g/mol. The van der Waals surface area contributed by atoms with Crippen LogP contribution in [-0.2, 0) is 0 Å². The van der Waals surface area contributed by atoms with E-state index in [1.165, 1.54) is 0 Å². The predicted octanol–water partition coefficient (Wildman–Crippen LogP) is -0.268. The van der Waals surface area contributed by atoms with Crippen LogP contribution in [0.3, 0.4) is 0 Å². The molecule has 10 heavy (non-hydrogen) atoms. The Morgan fingerprint density at radius 1 is 1.50 bits per heavy atom. The lowest BCUT2D eigenvalue weighted by atomic mass is 10.6. The van der Waals surface area contributed by atoms with Gasteiger partial charge in [0.05, 0.1) is 0 Å². The molecule has 0 spiro atoms. The Bertz CT molecular complexity index is 200. The van der Waals surface area contributed by atoms with Crippen LogP contribution < -0.4 is 0 Å². The second kappa shape index (κ2) is 2.95. The summed E-state index contributed by atoms with van der Waals surface area (Å²) in [5.74, 6) is 0.591. The van der Waals surface area contributed by atoms with E-state index in [4.69, 9.17) is 0 Å². The third-order valence-corrected chi connectivity index (χ3v) is 0.883. The molecule has 0 saturated heterocycles. The molecule has 1 N–H and O–H groups in total. The predicted molar refractivity (Wildman–Crippen MR) is 36.9 cm³/mol. The number of hydrogen-bond acceptors (Lipinski definition) is 4. The normalized spacial score (nSPS) is 10.6. The topological polar surface area (TPSA) is 57.7 Å². The van der Waals surface area contributed by atoms with Crippen molar-refractivity contribution in [1.82, 2.24) is 25.5 Å². The van der Waals surface area contributed by atoms with Crippen molar-refractivity contribution in [1.29, 1.82) is 0 Å². The molecule has 0 amide bonds. The smallest absolute Gasteiger partial charge is 0.198 e. The van der Waals surface area contributed by atoms with Gasteiger partial charge in [0.25, 0.3) is 0 Å². The van der Waals surface area contributed by atoms with Gasteiger partial charge in [0.2, 0.25) is 0 Å². The first kappa shape index (κ1) is 6.73. The molecule has 0 bridgehead atoms. The van der Waals surface area contributed by atoms with Gasteiger partial charge in [-0.25, -0.2) is 0 Å². The van der Waals surface area contributed by atoms with Gasteiger partial charge in [-0.05, 0) is 5.21 Å². The van der Waals surface area contributed by atoms with Crippen LogP contribution in [0.25, 0.3) is 6.08 Å². The van der Waals surface area contributed by atoms with Crippen molar-refractivity contribution in [3.8, 4) is 0 Å². The molecule has 1 rings (SSSR count). The fraction of sp³-hybridized carbons (Fsp3) is 0.400. The SMILES string of the molecule is CN(C)C=Cc1nn[nH]n1. The Balaban J connectivity index is 2.55. The maximum Gasteiger partial charge on any atom is 0.198 e. The second-order valence-corrected chi connectivity index (χ2v) is 2.05. The average molecular weight is 139 g/mol. The van der Waals surface area contributed by atoms with Gasteiger partial charge in [-0.15, -0.1) is 10.2 Å². The second-order valence-electron chi connectivity index (χ2n) is 2.05. The Morgan fingerprint density at radius 2 is 2.30 bits per heavy atom. The quantitative estimate of drug-likeness (QED) is 0.613. The minimum absolute atomic E-state index is 0.591. The number of nitrogens with one attached hydrogen (secondary N) is 1. The zero-order chi connectivity index (χ0) is 7.40. The molecular formula is C5H9N5. The van der Waals surface area contributed by atoms with Crippen molar-refractivity contribution >= 4 is 6.08 Å². The zero-order valence-electron chi connectivity index (χ0n) is 5.94. The highest BCUT2D eigenvalue weighted by Crippen LogP contribution is 1.87. The molecule has 0 aliphatic heterocycles. The summed E-state index contributed by atoms with van der Waals surface area (Å²) in [5, 5.41) is 13.2. The van der Waals surface area contributed by atoms with E-state index in [1.807, 2.05) is 25.2 Å². The summed E-state index contributed by atoms with van der Waals surface area (Å²) >= 11 is 0. The van der Waals surface area contributed by atoms with Gasteiger partial charge >= 0.3 is 0 Å². The van der Waals surface area contributed by atoms with Crippen molar-refractivity contribution in [3.05, 3.63) is 12.0 Å². The van der Waals surface area contributed by atoms with E-state index in [0.717, 1.165) is 0 Å². The summed E-state index contributed by atoms with van der Waals surface area (Å²) in [4.78, 5) is 1.90. The highest BCUT2D eigenvalue weighted by Gasteiger charge is 1.87. The standard InChI is InChI=1S/C5H9N5/c1-10(2)4-3-5-6-8-9-7-5/h3-4H,1-2H3,(H,6,7,8,9). The van der Waals surface area contributed by atoms with Gasteiger partial charge in [0.15, 0.2) is 5.82 Å². The third-order valence-electron chi connectivity index (χ3n) is 0.883. The van der Waals surface area contributed by atoms with Crippen LogP contribution in [0.15, 0.2) is 6.20 Å². The molecule has 0 aliphatic carbocycles. The highest BCUT2D eigenvalue weighted by molar-refractivity contribution is 5.36. The molecule has 0 aliphatic rings. The molecule has 54 valence electrons. The van der Waals surface area contributed by atoms with E-state index in [-0.39, 0.29) is 0 Å². The summed E-state index contributed by atoms with van der Waals surface area (Å²) in [6.45, 7) is 0. The maximum atomic E-state index is 3.73. The molecule has 0 aromatic carbocycles. The van der Waals surface area contributed by atoms with Crippen molar-refractivity contribution in [2.75, 3.05) is 14.1 Å². The van der Waals surface area contributed by atoms with E-state index < -0.39 is 0 Å². The van der Waals surface area contributed by atoms with Gasteiger partial charge in [-0.2, -0.15) is 5.21 Å². The summed E-state index contributed by atoms with van der Waals surface area (Å²) in [7, 11) is 3.85. The van der Waals surface area contributed by atoms with E-state index in [2.05, 4.69) is 20.6 Å². The fourth-order valence-corrected chi connectivity index (χ4v) is 0.456. The first-order chi connectivity index (χ1) is 4.79. The summed E-state index contributed by atoms with van der Waals surface area (Å²) in [6, 6.07) is 0. The first-order valence-electron chi connectivity index (χ1n) is 2.87. The van der Waals surface area contributed by atoms with Crippen LogP contribution in [-0.4, -0.2) is 39.6 Å². The molecule has 1 heterocycles. The molecule has 5 heteroatoms. The molecule has 0 fully saturated rings. The number of tetrazole rings is 1. The van der Waals surface area contributed by atoms with Crippen LogP contribution in [0.1, 0.15) is 5.82 Å². The summed E-state index contributed by atoms with van der Waals surface area (Å²) < 4.78 is 0. The number of H-pyrrole nitrogens is 1. The number of aromatic amines is 1. The maximum absolute atomic E-state index is 3.73. The number of hydrogen-bond donors (Lipinski definition) is 1. The summed E-state index contributed by atoms with van der Waals surface area (Å²) in [5.41, 5.74) is 0. The van der Waals surface area contributed by atoms with Gasteiger partial charge in [-0.1, -0.05) is 0 Å². The monoisotopic (exact) mass is 139 g/mol. The lowest BCUT2D eigenvalue weighted by Gasteiger charge is -2.00. The van der Waals surface area contributed by atoms with Crippen LogP contribution in [0, 0.1) is 0 Å². The lowest BCUT2D eigenvalue weighted by molar-refractivity contribution is 0.567. The number of nitrogens with zero attached hydrogens (tertiary/aromatic N) is 4. The molecule has 0 unspecified atom stereocenters. The largest absolute Gasteiger partial charge is 0.383 e. The molecule has 5 nitrogen and oxygen atoms in total. The van der Waals surface area contributed by atoms with E-state index in [1.54, 1.807) is 6.08 Å². The number of rotatable bonds is 2. The molecule has 0 radical (unpaired) electrons. The number of aromatic nitrogens is 4. The average Bonchev–Trinajstić information content (AvgIpc) is 2.34. The Hall–Kier alpha value is -1.39. The van der Waals surface area contributed by atoms with Gasteiger partial charge < -0.3 is 4.90 Å². The van der Waals surface area contributed by atoms with Crippen molar-refractivity contribution in [3.63, 3.8) is 0 Å². The highest BCUT2D eigenvalue weighted by atomic mass is 15.5. The van der Waals surface area contributed by atoms with Crippen molar-refractivity contribution in [2.24, 2.45) is 0 Å². The Kier molecular flexibility index (Phi) is 1.99. The molecule has 0 saturated carbocycles. The first-order valence-corrected chi connectivity index (χ1v) is 2.87. The van der Waals surface area contributed by atoms with Crippen LogP contribution in [0.5, 0.6) is 0 Å².